The normalized spacial score (nSPS) is 28.3. The first-order valence-corrected chi connectivity index (χ1v) is 8.09. The Morgan fingerprint density at radius 1 is 1.26 bits per heavy atom. The maximum Gasteiger partial charge on any atom is 0.251 e. The third-order valence-corrected chi connectivity index (χ3v) is 5.59. The van der Waals surface area contributed by atoms with Crippen LogP contribution in [0.3, 0.4) is 0 Å². The summed E-state index contributed by atoms with van der Waals surface area (Å²) in [5, 5.41) is 4.28. The average Bonchev–Trinajstić information content (AvgIpc) is 2.98. The summed E-state index contributed by atoms with van der Waals surface area (Å²) in [4.78, 5) is 15.2. The fourth-order valence-corrected chi connectivity index (χ4v) is 4.21. The molecule has 3 saturated heterocycles. The zero-order chi connectivity index (χ0) is 15.3. The van der Waals surface area contributed by atoms with Gasteiger partial charge in [-0.15, -0.1) is 12.4 Å². The monoisotopic (exact) mass is 334 g/mol. The molecule has 1 aromatic carbocycles. The standard InChI is InChI=1S/C18H22N2O2.ClH/c1-18(2)16(12-5-8-20(18)9-6-12)19-17(21)14-3-4-15-13(11-14)7-10-22-15;/h3-4,7,10-12,16H,5-6,8-9H2,1-2H3,(H,19,21);1H/t16-;/m0./s1. The van der Waals surface area contributed by atoms with Crippen LogP contribution in [0.2, 0.25) is 0 Å². The highest BCUT2D eigenvalue weighted by Gasteiger charge is 2.48. The van der Waals surface area contributed by atoms with Gasteiger partial charge < -0.3 is 9.73 Å². The van der Waals surface area contributed by atoms with Crippen molar-refractivity contribution in [1.82, 2.24) is 10.2 Å². The van der Waals surface area contributed by atoms with Gasteiger partial charge >= 0.3 is 0 Å². The van der Waals surface area contributed by atoms with E-state index in [1.54, 1.807) is 6.26 Å². The van der Waals surface area contributed by atoms with Crippen LogP contribution in [0, 0.1) is 5.92 Å². The number of piperidine rings is 3. The number of furan rings is 1. The molecular formula is C18H23ClN2O2. The van der Waals surface area contributed by atoms with Crippen molar-refractivity contribution < 1.29 is 9.21 Å². The second-order valence-electron chi connectivity index (χ2n) is 7.10. The molecule has 1 N–H and O–H groups in total. The first-order chi connectivity index (χ1) is 10.6. The Morgan fingerprint density at radius 2 is 2.00 bits per heavy atom. The molecule has 3 aliphatic rings. The Balaban J connectivity index is 0.00000156. The lowest BCUT2D eigenvalue weighted by Crippen LogP contribution is -2.69. The molecule has 0 saturated carbocycles. The van der Waals surface area contributed by atoms with E-state index in [2.05, 4.69) is 24.1 Å². The van der Waals surface area contributed by atoms with Crippen molar-refractivity contribution in [2.75, 3.05) is 13.1 Å². The topological polar surface area (TPSA) is 45.5 Å². The maximum atomic E-state index is 12.7. The van der Waals surface area contributed by atoms with Crippen molar-refractivity contribution in [1.29, 1.82) is 0 Å². The number of halogens is 1. The Hall–Kier alpha value is -1.52. The molecule has 0 radical (unpaired) electrons. The van der Waals surface area contributed by atoms with Gasteiger partial charge in [0, 0.05) is 22.5 Å². The SMILES string of the molecule is CC1(C)[C@@H](NC(=O)c2ccc3occc3c2)C2CCN1CC2.Cl. The van der Waals surface area contributed by atoms with E-state index in [9.17, 15) is 4.79 Å². The number of rotatable bonds is 2. The number of carbonyl (C=O) groups excluding carboxylic acids is 1. The molecular weight excluding hydrogens is 312 g/mol. The molecule has 5 rings (SSSR count). The molecule has 1 amide bonds. The average molecular weight is 335 g/mol. The fraction of sp³-hybridized carbons (Fsp3) is 0.500. The van der Waals surface area contributed by atoms with E-state index in [0.29, 0.717) is 11.5 Å². The molecule has 23 heavy (non-hydrogen) atoms. The number of nitrogens with zero attached hydrogens (tertiary/aromatic N) is 1. The van der Waals surface area contributed by atoms with Crippen LogP contribution in [0.25, 0.3) is 11.0 Å². The molecule has 3 aliphatic heterocycles. The lowest BCUT2D eigenvalue weighted by molar-refractivity contribution is -0.0378. The van der Waals surface area contributed by atoms with Gasteiger partial charge in [-0.05, 0) is 70.0 Å². The Labute approximate surface area is 142 Å². The van der Waals surface area contributed by atoms with Gasteiger partial charge in [-0.2, -0.15) is 0 Å². The number of fused-ring (bicyclic) bond motifs is 4. The Morgan fingerprint density at radius 3 is 2.70 bits per heavy atom. The molecule has 1 aromatic heterocycles. The highest BCUT2D eigenvalue weighted by atomic mass is 35.5. The van der Waals surface area contributed by atoms with E-state index < -0.39 is 0 Å². The number of hydrogen-bond donors (Lipinski definition) is 1. The van der Waals surface area contributed by atoms with Gasteiger partial charge in [0.1, 0.15) is 5.58 Å². The minimum absolute atomic E-state index is 0. The Bertz CT molecular complexity index is 717. The van der Waals surface area contributed by atoms with Crippen molar-refractivity contribution in [2.24, 2.45) is 5.92 Å². The van der Waals surface area contributed by atoms with Crippen LogP contribution in [0.15, 0.2) is 34.9 Å². The largest absolute Gasteiger partial charge is 0.464 e. The van der Waals surface area contributed by atoms with Gasteiger partial charge in [0.25, 0.3) is 5.91 Å². The highest BCUT2D eigenvalue weighted by Crippen LogP contribution is 2.39. The first-order valence-electron chi connectivity index (χ1n) is 8.09. The van der Waals surface area contributed by atoms with E-state index in [1.165, 1.54) is 12.8 Å². The smallest absolute Gasteiger partial charge is 0.251 e. The maximum absolute atomic E-state index is 12.7. The van der Waals surface area contributed by atoms with Crippen molar-refractivity contribution in [3.8, 4) is 0 Å². The third kappa shape index (κ3) is 2.64. The predicted octanol–water partition coefficient (Wildman–Crippen LogP) is 3.46. The summed E-state index contributed by atoms with van der Waals surface area (Å²) >= 11 is 0. The summed E-state index contributed by atoms with van der Waals surface area (Å²) in [5.41, 5.74) is 1.57. The van der Waals surface area contributed by atoms with E-state index in [-0.39, 0.29) is 29.9 Å². The minimum atomic E-state index is 0. The molecule has 4 heterocycles. The number of carbonyl (C=O) groups is 1. The number of hydrogen-bond acceptors (Lipinski definition) is 3. The van der Waals surface area contributed by atoms with Crippen LogP contribution >= 0.6 is 12.4 Å². The lowest BCUT2D eigenvalue weighted by atomic mass is 9.72. The van der Waals surface area contributed by atoms with Crippen LogP contribution in [-0.4, -0.2) is 35.5 Å². The zero-order valence-corrected chi connectivity index (χ0v) is 14.4. The van der Waals surface area contributed by atoms with Gasteiger partial charge in [-0.3, -0.25) is 9.69 Å². The van der Waals surface area contributed by atoms with Crippen LogP contribution in [0.1, 0.15) is 37.0 Å². The summed E-state index contributed by atoms with van der Waals surface area (Å²) in [5.74, 6) is 0.622. The van der Waals surface area contributed by atoms with Crippen LogP contribution in [-0.2, 0) is 0 Å². The summed E-state index contributed by atoms with van der Waals surface area (Å²) in [6, 6.07) is 7.73. The molecule has 0 aliphatic carbocycles. The molecule has 3 fully saturated rings. The fourth-order valence-electron chi connectivity index (χ4n) is 4.21. The number of nitrogens with one attached hydrogen (secondary N) is 1. The zero-order valence-electron chi connectivity index (χ0n) is 13.5. The quantitative estimate of drug-likeness (QED) is 0.914. The molecule has 1 atom stereocenters. The number of benzene rings is 1. The second-order valence-corrected chi connectivity index (χ2v) is 7.10. The van der Waals surface area contributed by atoms with Gasteiger partial charge in [0.15, 0.2) is 0 Å². The van der Waals surface area contributed by atoms with Gasteiger partial charge in [-0.25, -0.2) is 0 Å². The van der Waals surface area contributed by atoms with Crippen LogP contribution in [0.4, 0.5) is 0 Å². The molecule has 0 spiro atoms. The summed E-state index contributed by atoms with van der Waals surface area (Å²) < 4.78 is 5.34. The third-order valence-electron chi connectivity index (χ3n) is 5.59. The molecule has 2 bridgehead atoms. The lowest BCUT2D eigenvalue weighted by Gasteiger charge is -2.56. The highest BCUT2D eigenvalue weighted by molar-refractivity contribution is 5.98. The second kappa shape index (κ2) is 5.84. The summed E-state index contributed by atoms with van der Waals surface area (Å²) in [7, 11) is 0. The predicted molar refractivity (Wildman–Crippen MR) is 93.1 cm³/mol. The first kappa shape index (κ1) is 16.3. The molecule has 0 unspecified atom stereocenters. The van der Waals surface area contributed by atoms with Crippen LogP contribution in [0.5, 0.6) is 0 Å². The summed E-state index contributed by atoms with van der Waals surface area (Å²) in [6.07, 6.45) is 4.03. The van der Waals surface area contributed by atoms with Crippen molar-refractivity contribution in [3.63, 3.8) is 0 Å². The minimum Gasteiger partial charge on any atom is -0.464 e. The van der Waals surface area contributed by atoms with Gasteiger partial charge in [0.2, 0.25) is 0 Å². The van der Waals surface area contributed by atoms with Crippen LogP contribution < -0.4 is 5.32 Å². The van der Waals surface area contributed by atoms with E-state index in [0.717, 1.165) is 24.1 Å². The van der Waals surface area contributed by atoms with Gasteiger partial charge in [0.05, 0.1) is 6.26 Å². The molecule has 124 valence electrons. The van der Waals surface area contributed by atoms with E-state index in [1.807, 2.05) is 24.3 Å². The van der Waals surface area contributed by atoms with E-state index >= 15 is 0 Å². The Kier molecular flexibility index (Phi) is 4.15. The summed E-state index contributed by atoms with van der Waals surface area (Å²) in [6.45, 7) is 6.82. The molecule has 4 nitrogen and oxygen atoms in total. The number of amides is 1. The van der Waals surface area contributed by atoms with Crippen molar-refractivity contribution in [2.45, 2.75) is 38.3 Å². The van der Waals surface area contributed by atoms with Crippen molar-refractivity contribution in [3.05, 3.63) is 36.1 Å². The van der Waals surface area contributed by atoms with Gasteiger partial charge in [-0.1, -0.05) is 0 Å². The van der Waals surface area contributed by atoms with Crippen molar-refractivity contribution >= 4 is 29.3 Å². The van der Waals surface area contributed by atoms with E-state index in [4.69, 9.17) is 4.42 Å². The molecule has 5 heteroatoms. The molecule has 2 aromatic rings.